The molecule has 0 unspecified atom stereocenters. The molecule has 1 heterocycles. The molecule has 0 aliphatic carbocycles. The summed E-state index contributed by atoms with van der Waals surface area (Å²) >= 11 is 0. The number of halogens is 2. The number of nitrogens with one attached hydrogen (secondary N) is 2. The fraction of sp³-hybridized carbons (Fsp3) is 0.154. The van der Waals surface area contributed by atoms with E-state index >= 15 is 0 Å². The molecule has 0 atom stereocenters. The van der Waals surface area contributed by atoms with Gasteiger partial charge in [0.05, 0.1) is 0 Å². The average molecular weight is 264 g/mol. The second-order valence-corrected chi connectivity index (χ2v) is 3.93. The first-order chi connectivity index (χ1) is 9.15. The van der Waals surface area contributed by atoms with Gasteiger partial charge in [-0.1, -0.05) is 25.1 Å². The van der Waals surface area contributed by atoms with Gasteiger partial charge < -0.3 is 10.7 Å². The van der Waals surface area contributed by atoms with Gasteiger partial charge in [0.15, 0.2) is 23.3 Å². The number of hydrogen-bond donors (Lipinski definition) is 3. The third-order valence-corrected chi connectivity index (χ3v) is 2.72. The van der Waals surface area contributed by atoms with E-state index in [-0.39, 0.29) is 11.6 Å². The molecule has 1 aromatic carbocycles. The molecular weight excluding hydrogens is 250 g/mol. The molecule has 100 valence electrons. The van der Waals surface area contributed by atoms with Gasteiger partial charge in [-0.15, -0.1) is 0 Å². The first-order valence-electron chi connectivity index (χ1n) is 5.83. The molecule has 4 nitrogen and oxygen atoms in total. The number of anilines is 3. The molecule has 0 aliphatic rings. The number of aryl methyl sites for hydroxylation is 1. The van der Waals surface area contributed by atoms with Gasteiger partial charge in [0.25, 0.3) is 0 Å². The van der Waals surface area contributed by atoms with Crippen LogP contribution in [-0.4, -0.2) is 4.98 Å². The molecule has 0 radical (unpaired) electrons. The molecule has 6 heteroatoms. The second kappa shape index (κ2) is 5.62. The second-order valence-electron chi connectivity index (χ2n) is 3.93. The Bertz CT molecular complexity index is 587. The van der Waals surface area contributed by atoms with Gasteiger partial charge in [0.1, 0.15) is 0 Å². The van der Waals surface area contributed by atoms with Crippen molar-refractivity contribution in [3.63, 3.8) is 0 Å². The summed E-state index contributed by atoms with van der Waals surface area (Å²) in [5.41, 5.74) is 3.82. The topological polar surface area (TPSA) is 63.0 Å². The van der Waals surface area contributed by atoms with Gasteiger partial charge in [0, 0.05) is 11.8 Å². The Balaban J connectivity index is 2.38. The van der Waals surface area contributed by atoms with Gasteiger partial charge in [-0.25, -0.2) is 19.6 Å². The van der Waals surface area contributed by atoms with Crippen LogP contribution in [0.25, 0.3) is 0 Å². The van der Waals surface area contributed by atoms with Crippen LogP contribution in [0.15, 0.2) is 30.3 Å². The number of nitrogens with zero attached hydrogens (tertiary/aromatic N) is 1. The number of hydrazine groups is 1. The number of rotatable bonds is 4. The van der Waals surface area contributed by atoms with E-state index in [1.807, 2.05) is 25.1 Å². The molecule has 0 bridgehead atoms. The number of nitrogens with two attached hydrogens (primary N) is 1. The Labute approximate surface area is 109 Å². The van der Waals surface area contributed by atoms with Crippen molar-refractivity contribution in [2.75, 3.05) is 10.7 Å². The Morgan fingerprint density at radius 3 is 2.53 bits per heavy atom. The van der Waals surface area contributed by atoms with E-state index in [9.17, 15) is 8.78 Å². The molecule has 0 saturated heterocycles. The van der Waals surface area contributed by atoms with E-state index in [1.54, 1.807) is 6.07 Å². The fourth-order valence-electron chi connectivity index (χ4n) is 1.73. The summed E-state index contributed by atoms with van der Waals surface area (Å²) in [6.07, 6.45) is 0.786. The summed E-state index contributed by atoms with van der Waals surface area (Å²) in [6, 6.07) is 8.18. The van der Waals surface area contributed by atoms with Crippen molar-refractivity contribution < 1.29 is 8.78 Å². The number of para-hydroxylation sites is 1. The SMILES string of the molecule is CCc1ccccc1Nc1nc(NN)c(F)cc1F. The smallest absolute Gasteiger partial charge is 0.178 e. The molecule has 2 aromatic rings. The van der Waals surface area contributed by atoms with Crippen LogP contribution in [0.5, 0.6) is 0 Å². The van der Waals surface area contributed by atoms with Crippen molar-refractivity contribution in [1.82, 2.24) is 4.98 Å². The van der Waals surface area contributed by atoms with Gasteiger partial charge >= 0.3 is 0 Å². The molecule has 2 rings (SSSR count). The molecule has 0 saturated carbocycles. The maximum atomic E-state index is 13.7. The van der Waals surface area contributed by atoms with Crippen molar-refractivity contribution in [2.45, 2.75) is 13.3 Å². The first kappa shape index (κ1) is 13.2. The van der Waals surface area contributed by atoms with E-state index in [1.165, 1.54) is 0 Å². The number of benzene rings is 1. The van der Waals surface area contributed by atoms with Gasteiger partial charge in [0.2, 0.25) is 0 Å². The van der Waals surface area contributed by atoms with Crippen molar-refractivity contribution in [3.8, 4) is 0 Å². The quantitative estimate of drug-likeness (QED) is 0.587. The zero-order valence-corrected chi connectivity index (χ0v) is 10.4. The van der Waals surface area contributed by atoms with Crippen LogP contribution in [0.2, 0.25) is 0 Å². The highest BCUT2D eigenvalue weighted by Crippen LogP contribution is 2.24. The predicted molar refractivity (Wildman–Crippen MR) is 71.1 cm³/mol. The van der Waals surface area contributed by atoms with Crippen molar-refractivity contribution in [1.29, 1.82) is 0 Å². The largest absolute Gasteiger partial charge is 0.337 e. The average Bonchev–Trinajstić information content (AvgIpc) is 2.42. The van der Waals surface area contributed by atoms with Crippen LogP contribution in [0.4, 0.5) is 26.1 Å². The van der Waals surface area contributed by atoms with Crippen LogP contribution in [0.3, 0.4) is 0 Å². The summed E-state index contributed by atoms with van der Waals surface area (Å²) in [5, 5.41) is 2.85. The van der Waals surface area contributed by atoms with E-state index in [0.29, 0.717) is 0 Å². The standard InChI is InChI=1S/C13H14F2N4/c1-2-8-5-3-4-6-11(8)17-12-9(14)7-10(15)13(18-12)19-16/h3-7H,2,16H2,1H3,(H2,17,18,19). The van der Waals surface area contributed by atoms with Gasteiger partial charge in [-0.05, 0) is 18.1 Å². The zero-order chi connectivity index (χ0) is 13.8. The molecule has 0 amide bonds. The van der Waals surface area contributed by atoms with E-state index in [0.717, 1.165) is 23.7 Å². The van der Waals surface area contributed by atoms with Crippen LogP contribution in [0.1, 0.15) is 12.5 Å². The third-order valence-electron chi connectivity index (χ3n) is 2.72. The lowest BCUT2D eigenvalue weighted by Gasteiger charge is -2.12. The van der Waals surface area contributed by atoms with Crippen molar-refractivity contribution in [3.05, 3.63) is 47.5 Å². The molecule has 0 aliphatic heterocycles. The fourth-order valence-corrected chi connectivity index (χ4v) is 1.73. The first-order valence-corrected chi connectivity index (χ1v) is 5.83. The molecule has 0 fully saturated rings. The Hall–Kier alpha value is -2.21. The maximum absolute atomic E-state index is 13.7. The minimum Gasteiger partial charge on any atom is -0.337 e. The molecule has 0 spiro atoms. The summed E-state index contributed by atoms with van der Waals surface area (Å²) in [6.45, 7) is 1.99. The summed E-state index contributed by atoms with van der Waals surface area (Å²) in [4.78, 5) is 3.76. The van der Waals surface area contributed by atoms with Crippen LogP contribution < -0.4 is 16.6 Å². The normalized spacial score (nSPS) is 10.3. The lowest BCUT2D eigenvalue weighted by Crippen LogP contribution is -2.12. The minimum atomic E-state index is -0.839. The highest BCUT2D eigenvalue weighted by molar-refractivity contribution is 5.62. The van der Waals surface area contributed by atoms with Crippen molar-refractivity contribution in [2.24, 2.45) is 5.84 Å². The Morgan fingerprint density at radius 1 is 1.16 bits per heavy atom. The highest BCUT2D eigenvalue weighted by atomic mass is 19.1. The summed E-state index contributed by atoms with van der Waals surface area (Å²) in [5.74, 6) is 3.22. The molecular formula is C13H14F2N4. The van der Waals surface area contributed by atoms with Crippen LogP contribution in [-0.2, 0) is 6.42 Å². The number of aromatic nitrogens is 1. The zero-order valence-electron chi connectivity index (χ0n) is 10.4. The molecule has 1 aromatic heterocycles. The highest BCUT2D eigenvalue weighted by Gasteiger charge is 2.12. The number of pyridine rings is 1. The summed E-state index contributed by atoms with van der Waals surface area (Å²) < 4.78 is 26.9. The van der Waals surface area contributed by atoms with Crippen molar-refractivity contribution >= 4 is 17.3 Å². The van der Waals surface area contributed by atoms with E-state index < -0.39 is 11.6 Å². The van der Waals surface area contributed by atoms with E-state index in [4.69, 9.17) is 5.84 Å². The van der Waals surface area contributed by atoms with Crippen LogP contribution in [0, 0.1) is 11.6 Å². The van der Waals surface area contributed by atoms with Gasteiger partial charge in [-0.2, -0.15) is 0 Å². The molecule has 4 N–H and O–H groups in total. The van der Waals surface area contributed by atoms with Crippen LogP contribution >= 0.6 is 0 Å². The number of nitrogen functional groups attached to an aromatic ring is 1. The third kappa shape index (κ3) is 2.79. The monoisotopic (exact) mass is 264 g/mol. The Kier molecular flexibility index (Phi) is 3.91. The van der Waals surface area contributed by atoms with Gasteiger partial charge in [-0.3, -0.25) is 0 Å². The molecule has 19 heavy (non-hydrogen) atoms. The summed E-state index contributed by atoms with van der Waals surface area (Å²) in [7, 11) is 0. The lowest BCUT2D eigenvalue weighted by molar-refractivity contribution is 0.579. The Morgan fingerprint density at radius 2 is 1.84 bits per heavy atom. The number of hydrogen-bond acceptors (Lipinski definition) is 4. The predicted octanol–water partition coefficient (Wildman–Crippen LogP) is 2.95. The minimum absolute atomic E-state index is 0.0738. The maximum Gasteiger partial charge on any atom is 0.178 e. The lowest BCUT2D eigenvalue weighted by atomic mass is 10.1. The van der Waals surface area contributed by atoms with E-state index in [2.05, 4.69) is 15.7 Å².